The van der Waals surface area contributed by atoms with Crippen LogP contribution in [0, 0.1) is 5.92 Å². The highest BCUT2D eigenvalue weighted by Gasteiger charge is 1.96. The fourth-order valence-corrected chi connectivity index (χ4v) is 1.20. The zero-order chi connectivity index (χ0) is 6.41. The van der Waals surface area contributed by atoms with E-state index in [0.717, 1.165) is 11.8 Å². The predicted octanol–water partition coefficient (Wildman–Crippen LogP) is 3.05. The van der Waals surface area contributed by atoms with Crippen LogP contribution in [-0.4, -0.2) is 5.88 Å². The molecule has 0 aliphatic heterocycles. The Bertz CT molecular complexity index is 37.7. The molecule has 1 heteroatoms. The summed E-state index contributed by atoms with van der Waals surface area (Å²) in [5, 5.41) is 0. The number of halogens is 1. The van der Waals surface area contributed by atoms with Gasteiger partial charge in [0.2, 0.25) is 0 Å². The van der Waals surface area contributed by atoms with Crippen LogP contribution in [-0.2, 0) is 0 Å². The Morgan fingerprint density at radius 2 is 2.00 bits per heavy atom. The fourth-order valence-electron chi connectivity index (χ4n) is 0.823. The first-order chi connectivity index (χ1) is 3.81. The average Bonchev–Trinajstić information content (AvgIpc) is 1.68. The van der Waals surface area contributed by atoms with Gasteiger partial charge in [-0.2, -0.15) is 0 Å². The summed E-state index contributed by atoms with van der Waals surface area (Å²) < 4.78 is 0. The molecule has 8 heavy (non-hydrogen) atoms. The van der Waals surface area contributed by atoms with Crippen molar-refractivity contribution in [3.05, 3.63) is 0 Å². The van der Waals surface area contributed by atoms with Crippen molar-refractivity contribution in [2.45, 2.75) is 33.1 Å². The molecule has 0 heterocycles. The average molecular weight is 135 g/mol. The lowest BCUT2D eigenvalue weighted by Crippen LogP contribution is -1.93. The minimum Gasteiger partial charge on any atom is -0.127 e. The molecule has 0 nitrogen and oxygen atoms in total. The second-order valence-corrected chi connectivity index (χ2v) is 2.75. The van der Waals surface area contributed by atoms with Gasteiger partial charge in [0, 0.05) is 5.88 Å². The van der Waals surface area contributed by atoms with E-state index >= 15 is 0 Å². The standard InChI is InChI=1S/C7H15Cl/c1-3-4-7(2)5-6-8/h7H,3-6H2,1-2H3/t7-/m1/s1. The Labute approximate surface area is 57.2 Å². The van der Waals surface area contributed by atoms with Crippen molar-refractivity contribution in [2.24, 2.45) is 5.92 Å². The van der Waals surface area contributed by atoms with E-state index in [0.29, 0.717) is 0 Å². The number of alkyl halides is 1. The minimum atomic E-state index is 0.821. The Morgan fingerprint density at radius 1 is 1.38 bits per heavy atom. The van der Waals surface area contributed by atoms with Gasteiger partial charge >= 0.3 is 0 Å². The molecule has 0 rings (SSSR count). The summed E-state index contributed by atoms with van der Waals surface area (Å²) in [4.78, 5) is 0. The van der Waals surface area contributed by atoms with Crippen LogP contribution < -0.4 is 0 Å². The third-order valence-electron chi connectivity index (χ3n) is 1.38. The molecular weight excluding hydrogens is 120 g/mol. The second-order valence-electron chi connectivity index (χ2n) is 2.37. The molecule has 0 aromatic rings. The van der Waals surface area contributed by atoms with Gasteiger partial charge in [0.25, 0.3) is 0 Å². The van der Waals surface area contributed by atoms with Crippen LogP contribution in [0.3, 0.4) is 0 Å². The summed E-state index contributed by atoms with van der Waals surface area (Å²) >= 11 is 5.53. The van der Waals surface area contributed by atoms with Crippen LogP contribution in [0.15, 0.2) is 0 Å². The molecule has 0 fully saturated rings. The van der Waals surface area contributed by atoms with Crippen LogP contribution in [0.25, 0.3) is 0 Å². The molecule has 50 valence electrons. The van der Waals surface area contributed by atoms with Crippen molar-refractivity contribution in [1.82, 2.24) is 0 Å². The Balaban J connectivity index is 2.92. The smallest absolute Gasteiger partial charge is 0.0225 e. The Kier molecular flexibility index (Phi) is 5.62. The van der Waals surface area contributed by atoms with Crippen LogP contribution in [0.5, 0.6) is 0 Å². The van der Waals surface area contributed by atoms with Gasteiger partial charge in [-0.15, -0.1) is 11.6 Å². The third-order valence-corrected chi connectivity index (χ3v) is 1.60. The molecule has 0 saturated carbocycles. The third kappa shape index (κ3) is 4.45. The molecule has 0 saturated heterocycles. The zero-order valence-electron chi connectivity index (χ0n) is 5.78. The van der Waals surface area contributed by atoms with Crippen LogP contribution in [0.2, 0.25) is 0 Å². The molecule has 0 aromatic carbocycles. The first-order valence-electron chi connectivity index (χ1n) is 3.37. The van der Waals surface area contributed by atoms with E-state index in [1.54, 1.807) is 0 Å². The second kappa shape index (κ2) is 5.43. The molecule has 0 unspecified atom stereocenters. The van der Waals surface area contributed by atoms with Gasteiger partial charge < -0.3 is 0 Å². The highest BCUT2D eigenvalue weighted by Crippen LogP contribution is 2.09. The summed E-state index contributed by atoms with van der Waals surface area (Å²) in [5.74, 6) is 1.65. The van der Waals surface area contributed by atoms with Gasteiger partial charge in [-0.3, -0.25) is 0 Å². The molecular formula is C7H15Cl. The minimum absolute atomic E-state index is 0.821. The number of hydrogen-bond acceptors (Lipinski definition) is 0. The highest BCUT2D eigenvalue weighted by molar-refractivity contribution is 6.17. The first-order valence-corrected chi connectivity index (χ1v) is 3.90. The molecule has 0 bridgehead atoms. The topological polar surface area (TPSA) is 0 Å². The van der Waals surface area contributed by atoms with Crippen molar-refractivity contribution in [2.75, 3.05) is 5.88 Å². The Morgan fingerprint density at radius 3 is 2.38 bits per heavy atom. The van der Waals surface area contributed by atoms with Crippen molar-refractivity contribution in [3.63, 3.8) is 0 Å². The molecule has 1 atom stereocenters. The summed E-state index contributed by atoms with van der Waals surface area (Å²) in [7, 11) is 0. The van der Waals surface area contributed by atoms with E-state index in [1.165, 1.54) is 19.3 Å². The van der Waals surface area contributed by atoms with Gasteiger partial charge in [0.05, 0.1) is 0 Å². The van der Waals surface area contributed by atoms with Crippen molar-refractivity contribution < 1.29 is 0 Å². The van der Waals surface area contributed by atoms with Gasteiger partial charge in [-0.25, -0.2) is 0 Å². The summed E-state index contributed by atoms with van der Waals surface area (Å²) in [6.07, 6.45) is 3.79. The molecule has 0 N–H and O–H groups in total. The lowest BCUT2D eigenvalue weighted by molar-refractivity contribution is 0.512. The van der Waals surface area contributed by atoms with Crippen LogP contribution in [0.1, 0.15) is 33.1 Å². The van der Waals surface area contributed by atoms with Crippen molar-refractivity contribution in [1.29, 1.82) is 0 Å². The normalized spacial score (nSPS) is 13.9. The summed E-state index contributed by atoms with van der Waals surface area (Å²) in [6.45, 7) is 4.47. The largest absolute Gasteiger partial charge is 0.127 e. The van der Waals surface area contributed by atoms with Crippen molar-refractivity contribution >= 4 is 11.6 Å². The van der Waals surface area contributed by atoms with Gasteiger partial charge in [-0.05, 0) is 12.3 Å². The highest BCUT2D eigenvalue weighted by atomic mass is 35.5. The monoisotopic (exact) mass is 134 g/mol. The van der Waals surface area contributed by atoms with Crippen LogP contribution >= 0.6 is 11.6 Å². The van der Waals surface area contributed by atoms with E-state index in [1.807, 2.05) is 0 Å². The maximum absolute atomic E-state index is 5.53. The predicted molar refractivity (Wildman–Crippen MR) is 39.4 cm³/mol. The quantitative estimate of drug-likeness (QED) is 0.519. The fraction of sp³-hybridized carbons (Fsp3) is 1.00. The molecule has 0 spiro atoms. The molecule has 0 radical (unpaired) electrons. The lowest BCUT2D eigenvalue weighted by Gasteiger charge is -2.04. The van der Waals surface area contributed by atoms with E-state index in [-0.39, 0.29) is 0 Å². The van der Waals surface area contributed by atoms with E-state index in [2.05, 4.69) is 13.8 Å². The van der Waals surface area contributed by atoms with E-state index < -0.39 is 0 Å². The maximum Gasteiger partial charge on any atom is 0.0225 e. The number of rotatable bonds is 4. The SMILES string of the molecule is CCC[C@@H](C)CCCl. The Hall–Kier alpha value is 0.290. The van der Waals surface area contributed by atoms with Crippen LogP contribution in [0.4, 0.5) is 0 Å². The molecule has 0 aromatic heterocycles. The maximum atomic E-state index is 5.53. The summed E-state index contributed by atoms with van der Waals surface area (Å²) in [6, 6.07) is 0. The first kappa shape index (κ1) is 8.29. The summed E-state index contributed by atoms with van der Waals surface area (Å²) in [5.41, 5.74) is 0. The lowest BCUT2D eigenvalue weighted by atomic mass is 10.0. The van der Waals surface area contributed by atoms with Crippen molar-refractivity contribution in [3.8, 4) is 0 Å². The van der Waals surface area contributed by atoms with Gasteiger partial charge in [0.1, 0.15) is 0 Å². The molecule has 0 amide bonds. The van der Waals surface area contributed by atoms with Gasteiger partial charge in [0.15, 0.2) is 0 Å². The van der Waals surface area contributed by atoms with E-state index in [4.69, 9.17) is 11.6 Å². The van der Waals surface area contributed by atoms with E-state index in [9.17, 15) is 0 Å². The molecule has 0 aliphatic rings. The number of hydrogen-bond donors (Lipinski definition) is 0. The molecule has 0 aliphatic carbocycles. The zero-order valence-corrected chi connectivity index (χ0v) is 6.54. The van der Waals surface area contributed by atoms with Gasteiger partial charge in [-0.1, -0.05) is 26.7 Å².